The molecule has 0 spiro atoms. The smallest absolute Gasteiger partial charge is 0.311 e. The van der Waals surface area contributed by atoms with E-state index in [9.17, 15) is 10.1 Å². The van der Waals surface area contributed by atoms with E-state index in [0.29, 0.717) is 17.6 Å². The number of aromatic nitrogens is 1. The normalized spacial score (nSPS) is 13.5. The summed E-state index contributed by atoms with van der Waals surface area (Å²) in [4.78, 5) is 15.1. The van der Waals surface area contributed by atoms with Gasteiger partial charge >= 0.3 is 5.69 Å². The van der Waals surface area contributed by atoms with E-state index in [1.165, 1.54) is 6.07 Å². The molecular weight excluding hydrogens is 268 g/mol. The maximum Gasteiger partial charge on any atom is 0.311 e. The highest BCUT2D eigenvalue weighted by atomic mass is 16.6. The molecule has 1 heterocycles. The summed E-state index contributed by atoms with van der Waals surface area (Å²) >= 11 is 0. The summed E-state index contributed by atoms with van der Waals surface area (Å²) in [6.07, 6.45) is 3.04. The van der Waals surface area contributed by atoms with Crippen molar-refractivity contribution >= 4 is 17.3 Å². The van der Waals surface area contributed by atoms with Crippen molar-refractivity contribution in [2.45, 2.75) is 53.0 Å². The van der Waals surface area contributed by atoms with Crippen molar-refractivity contribution in [2.24, 2.45) is 5.92 Å². The van der Waals surface area contributed by atoms with Gasteiger partial charge < -0.3 is 10.6 Å². The van der Waals surface area contributed by atoms with E-state index in [1.807, 2.05) is 6.92 Å². The van der Waals surface area contributed by atoms with Gasteiger partial charge in [0.25, 0.3) is 0 Å². The molecule has 0 saturated carbocycles. The van der Waals surface area contributed by atoms with Crippen LogP contribution < -0.4 is 10.6 Å². The summed E-state index contributed by atoms with van der Waals surface area (Å²) in [6.45, 7) is 9.22. The Kier molecular flexibility index (Phi) is 6.91. The molecule has 1 aromatic heterocycles. The Labute approximate surface area is 126 Å². The monoisotopic (exact) mass is 294 g/mol. The third kappa shape index (κ3) is 5.57. The van der Waals surface area contributed by atoms with Crippen molar-refractivity contribution in [3.63, 3.8) is 0 Å². The molecule has 2 unspecified atom stereocenters. The van der Waals surface area contributed by atoms with Gasteiger partial charge in [0.15, 0.2) is 0 Å². The number of nitrogens with one attached hydrogen (secondary N) is 2. The lowest BCUT2D eigenvalue weighted by Crippen LogP contribution is -2.20. The van der Waals surface area contributed by atoms with E-state index in [1.54, 1.807) is 6.07 Å². The average Bonchev–Trinajstić information content (AvgIpc) is 2.44. The van der Waals surface area contributed by atoms with Crippen LogP contribution in [0.15, 0.2) is 12.1 Å². The van der Waals surface area contributed by atoms with Crippen molar-refractivity contribution in [3.8, 4) is 0 Å². The zero-order chi connectivity index (χ0) is 15.8. The number of anilines is 2. The largest absolute Gasteiger partial charge is 0.370 e. The highest BCUT2D eigenvalue weighted by Gasteiger charge is 2.18. The summed E-state index contributed by atoms with van der Waals surface area (Å²) in [5.74, 6) is 1.59. The van der Waals surface area contributed by atoms with E-state index in [2.05, 4.69) is 36.4 Å². The molecule has 0 aromatic carbocycles. The molecule has 0 radical (unpaired) electrons. The van der Waals surface area contributed by atoms with Crippen molar-refractivity contribution in [2.75, 3.05) is 17.2 Å². The lowest BCUT2D eigenvalue weighted by molar-refractivity contribution is -0.384. The van der Waals surface area contributed by atoms with Crippen LogP contribution in [0.25, 0.3) is 0 Å². The van der Waals surface area contributed by atoms with Crippen LogP contribution in [0.3, 0.4) is 0 Å². The van der Waals surface area contributed by atoms with Crippen LogP contribution >= 0.6 is 0 Å². The van der Waals surface area contributed by atoms with Gasteiger partial charge in [-0.1, -0.05) is 27.2 Å². The molecule has 0 amide bonds. The number of hydrogen-bond acceptors (Lipinski definition) is 5. The topological polar surface area (TPSA) is 80.1 Å². The average molecular weight is 294 g/mol. The number of nitro groups is 1. The highest BCUT2D eigenvalue weighted by Crippen LogP contribution is 2.25. The molecule has 2 N–H and O–H groups in total. The molecule has 118 valence electrons. The predicted molar refractivity (Wildman–Crippen MR) is 86.8 cm³/mol. The molecular formula is C15H26N4O2. The molecule has 0 aliphatic heterocycles. The molecule has 2 atom stereocenters. The van der Waals surface area contributed by atoms with E-state index >= 15 is 0 Å². The Morgan fingerprint density at radius 3 is 2.62 bits per heavy atom. The minimum absolute atomic E-state index is 0.0213. The first kappa shape index (κ1) is 17.2. The van der Waals surface area contributed by atoms with E-state index in [0.717, 1.165) is 25.8 Å². The molecule has 6 nitrogen and oxygen atoms in total. The summed E-state index contributed by atoms with van der Waals surface area (Å²) < 4.78 is 0. The van der Waals surface area contributed by atoms with E-state index in [-0.39, 0.29) is 11.7 Å². The third-order valence-corrected chi connectivity index (χ3v) is 3.46. The summed E-state index contributed by atoms with van der Waals surface area (Å²) in [7, 11) is 0. The standard InChI is InChI=1S/C15H26N4O2/c1-5-9-16-14-8-7-13(19(20)21)15(18-14)17-12(4)10-11(3)6-2/h7-8,11-12H,5-6,9-10H2,1-4H3,(H2,16,17,18). The molecule has 1 rings (SSSR count). The Morgan fingerprint density at radius 1 is 1.33 bits per heavy atom. The first-order chi connectivity index (χ1) is 9.97. The number of rotatable bonds is 9. The fraction of sp³-hybridized carbons (Fsp3) is 0.667. The Hall–Kier alpha value is -1.85. The number of pyridine rings is 1. The van der Waals surface area contributed by atoms with Crippen LogP contribution in [0.1, 0.15) is 47.0 Å². The highest BCUT2D eigenvalue weighted by molar-refractivity contribution is 5.60. The van der Waals surface area contributed by atoms with Crippen molar-refractivity contribution in [1.82, 2.24) is 4.98 Å². The second-order valence-electron chi connectivity index (χ2n) is 5.54. The van der Waals surface area contributed by atoms with Gasteiger partial charge in [0.05, 0.1) is 4.92 Å². The summed E-state index contributed by atoms with van der Waals surface area (Å²) in [5, 5.41) is 17.4. The maximum atomic E-state index is 11.1. The van der Waals surface area contributed by atoms with Gasteiger partial charge in [0, 0.05) is 18.7 Å². The number of hydrogen-bond donors (Lipinski definition) is 2. The molecule has 0 aliphatic rings. The third-order valence-electron chi connectivity index (χ3n) is 3.46. The molecule has 21 heavy (non-hydrogen) atoms. The van der Waals surface area contributed by atoms with Crippen LogP contribution in [0, 0.1) is 16.0 Å². The fourth-order valence-corrected chi connectivity index (χ4v) is 2.12. The van der Waals surface area contributed by atoms with Crippen LogP contribution in [-0.2, 0) is 0 Å². The predicted octanol–water partition coefficient (Wildman–Crippen LogP) is 4.05. The lowest BCUT2D eigenvalue weighted by atomic mass is 10.0. The minimum Gasteiger partial charge on any atom is -0.370 e. The molecule has 0 aliphatic carbocycles. The Morgan fingerprint density at radius 2 is 2.05 bits per heavy atom. The molecule has 0 fully saturated rings. The molecule has 6 heteroatoms. The van der Waals surface area contributed by atoms with Crippen molar-refractivity contribution in [3.05, 3.63) is 22.2 Å². The molecule has 0 bridgehead atoms. The second-order valence-corrected chi connectivity index (χ2v) is 5.54. The zero-order valence-electron chi connectivity index (χ0n) is 13.3. The van der Waals surface area contributed by atoms with E-state index < -0.39 is 4.92 Å². The Bertz CT molecular complexity index is 465. The van der Waals surface area contributed by atoms with Crippen molar-refractivity contribution < 1.29 is 4.92 Å². The quantitative estimate of drug-likeness (QED) is 0.530. The first-order valence-corrected chi connectivity index (χ1v) is 7.63. The van der Waals surface area contributed by atoms with Gasteiger partial charge in [-0.15, -0.1) is 0 Å². The van der Waals surface area contributed by atoms with E-state index in [4.69, 9.17) is 0 Å². The molecule has 1 aromatic rings. The van der Waals surface area contributed by atoms with Gasteiger partial charge in [-0.05, 0) is 31.7 Å². The van der Waals surface area contributed by atoms with Gasteiger partial charge in [0.1, 0.15) is 5.82 Å². The fourth-order valence-electron chi connectivity index (χ4n) is 2.12. The first-order valence-electron chi connectivity index (χ1n) is 7.63. The van der Waals surface area contributed by atoms with Gasteiger partial charge in [-0.3, -0.25) is 10.1 Å². The van der Waals surface area contributed by atoms with Gasteiger partial charge in [-0.2, -0.15) is 0 Å². The van der Waals surface area contributed by atoms with Gasteiger partial charge in [-0.25, -0.2) is 4.98 Å². The minimum atomic E-state index is -0.394. The van der Waals surface area contributed by atoms with Crippen molar-refractivity contribution in [1.29, 1.82) is 0 Å². The van der Waals surface area contributed by atoms with Crippen LogP contribution in [-0.4, -0.2) is 22.5 Å². The maximum absolute atomic E-state index is 11.1. The van der Waals surface area contributed by atoms with Crippen LogP contribution in [0.4, 0.5) is 17.3 Å². The second kappa shape index (κ2) is 8.44. The lowest BCUT2D eigenvalue weighted by Gasteiger charge is -2.18. The summed E-state index contributed by atoms with van der Waals surface area (Å²) in [6, 6.07) is 3.30. The van der Waals surface area contributed by atoms with Crippen LogP contribution in [0.2, 0.25) is 0 Å². The number of nitrogens with zero attached hydrogens (tertiary/aromatic N) is 2. The molecule has 0 saturated heterocycles. The van der Waals surface area contributed by atoms with Crippen LogP contribution in [0.5, 0.6) is 0 Å². The zero-order valence-corrected chi connectivity index (χ0v) is 13.3. The Balaban J connectivity index is 2.87. The van der Waals surface area contributed by atoms with Gasteiger partial charge in [0.2, 0.25) is 5.82 Å². The SMILES string of the molecule is CCCNc1ccc([N+](=O)[O-])c(NC(C)CC(C)CC)n1. The summed E-state index contributed by atoms with van der Waals surface area (Å²) in [5.41, 5.74) is 0.0213.